The van der Waals surface area contributed by atoms with Crippen LogP contribution < -0.4 is 4.74 Å². The summed E-state index contributed by atoms with van der Waals surface area (Å²) in [4.78, 5) is 14.7. The van der Waals surface area contributed by atoms with Gasteiger partial charge in [-0.3, -0.25) is 14.5 Å². The molecule has 0 saturated carbocycles. The molecule has 0 aliphatic heterocycles. The van der Waals surface area contributed by atoms with Crippen molar-refractivity contribution in [1.29, 1.82) is 0 Å². The van der Waals surface area contributed by atoms with Gasteiger partial charge in [0.2, 0.25) is 5.91 Å². The van der Waals surface area contributed by atoms with E-state index in [2.05, 4.69) is 22.3 Å². The molecule has 1 N–H and O–H groups in total. The lowest BCUT2D eigenvalue weighted by Gasteiger charge is -2.21. The molecular formula is C21H24N4O2S. The summed E-state index contributed by atoms with van der Waals surface area (Å²) in [6.07, 6.45) is 0.822. The Hall–Kier alpha value is -2.93. The van der Waals surface area contributed by atoms with Gasteiger partial charge in [0, 0.05) is 18.7 Å². The summed E-state index contributed by atoms with van der Waals surface area (Å²) < 4.78 is 7.37. The quantitative estimate of drug-likeness (QED) is 0.590. The Morgan fingerprint density at radius 1 is 1.18 bits per heavy atom. The monoisotopic (exact) mass is 396 g/mol. The van der Waals surface area contributed by atoms with Crippen molar-refractivity contribution in [3.63, 3.8) is 0 Å². The number of H-pyrrole nitrogens is 1. The molecule has 3 aromatic rings. The third-order valence-corrected chi connectivity index (χ3v) is 4.96. The van der Waals surface area contributed by atoms with E-state index in [1.54, 1.807) is 11.7 Å². The van der Waals surface area contributed by atoms with Gasteiger partial charge in [-0.15, -0.1) is 0 Å². The maximum absolute atomic E-state index is 12.9. The molecule has 0 aliphatic rings. The molecular weight excluding hydrogens is 372 g/mol. The first-order valence-electron chi connectivity index (χ1n) is 9.23. The number of methoxy groups -OCH3 is 1. The Morgan fingerprint density at radius 3 is 2.54 bits per heavy atom. The Labute approximate surface area is 169 Å². The molecule has 2 aromatic carbocycles. The van der Waals surface area contributed by atoms with Gasteiger partial charge in [-0.25, -0.2) is 0 Å². The second kappa shape index (κ2) is 9.32. The molecule has 1 amide bonds. The minimum Gasteiger partial charge on any atom is -0.497 e. The predicted molar refractivity (Wildman–Crippen MR) is 112 cm³/mol. The lowest BCUT2D eigenvalue weighted by atomic mass is 10.1. The Morgan fingerprint density at radius 2 is 1.89 bits per heavy atom. The van der Waals surface area contributed by atoms with Crippen molar-refractivity contribution in [2.45, 2.75) is 19.9 Å². The van der Waals surface area contributed by atoms with Crippen LogP contribution in [0.5, 0.6) is 5.75 Å². The van der Waals surface area contributed by atoms with Crippen LogP contribution in [-0.4, -0.2) is 45.8 Å². The standard InChI is InChI=1S/C21H24N4O2S/c1-3-24(14-13-16-7-5-4-6-8-16)19(26)15-25-20(22-23-21(25)28)17-9-11-18(27-2)12-10-17/h4-12H,3,13-15H2,1-2H3,(H,23,28). The number of likely N-dealkylation sites (N-methyl/N-ethyl adjacent to an activating group) is 1. The highest BCUT2D eigenvalue weighted by atomic mass is 32.1. The average Bonchev–Trinajstić information content (AvgIpc) is 3.09. The molecule has 0 bridgehead atoms. The fourth-order valence-corrected chi connectivity index (χ4v) is 3.22. The van der Waals surface area contributed by atoms with E-state index >= 15 is 0 Å². The summed E-state index contributed by atoms with van der Waals surface area (Å²) in [6, 6.07) is 17.7. The van der Waals surface area contributed by atoms with Crippen molar-refractivity contribution < 1.29 is 9.53 Å². The normalized spacial score (nSPS) is 10.6. The third-order valence-electron chi connectivity index (χ3n) is 4.65. The van der Waals surface area contributed by atoms with E-state index in [9.17, 15) is 4.79 Å². The maximum atomic E-state index is 12.9. The van der Waals surface area contributed by atoms with Crippen molar-refractivity contribution in [3.8, 4) is 17.1 Å². The SMILES string of the molecule is CCN(CCc1ccccc1)C(=O)Cn1c(-c2ccc(OC)cc2)n[nH]c1=S. The molecule has 7 heteroatoms. The molecule has 0 radical (unpaired) electrons. The van der Waals surface area contributed by atoms with Gasteiger partial charge >= 0.3 is 0 Å². The highest BCUT2D eigenvalue weighted by Crippen LogP contribution is 2.21. The zero-order valence-corrected chi connectivity index (χ0v) is 16.9. The molecule has 0 unspecified atom stereocenters. The topological polar surface area (TPSA) is 63.1 Å². The first kappa shape index (κ1) is 19.8. The Kier molecular flexibility index (Phi) is 6.60. The summed E-state index contributed by atoms with van der Waals surface area (Å²) in [6.45, 7) is 3.46. The van der Waals surface area contributed by atoms with E-state index < -0.39 is 0 Å². The highest BCUT2D eigenvalue weighted by molar-refractivity contribution is 7.71. The van der Waals surface area contributed by atoms with Crippen molar-refractivity contribution >= 4 is 18.1 Å². The van der Waals surface area contributed by atoms with Crippen molar-refractivity contribution in [2.75, 3.05) is 20.2 Å². The van der Waals surface area contributed by atoms with Gasteiger partial charge in [-0.1, -0.05) is 30.3 Å². The number of amides is 1. The van der Waals surface area contributed by atoms with E-state index in [1.807, 2.05) is 54.3 Å². The van der Waals surface area contributed by atoms with E-state index in [0.29, 0.717) is 23.7 Å². The number of carbonyl (C=O) groups is 1. The Bertz CT molecular complexity index is 964. The minimum absolute atomic E-state index is 0.0192. The van der Waals surface area contributed by atoms with Crippen LogP contribution in [0, 0.1) is 4.77 Å². The van der Waals surface area contributed by atoms with Crippen LogP contribution in [0.15, 0.2) is 54.6 Å². The van der Waals surface area contributed by atoms with Gasteiger partial charge in [0.15, 0.2) is 10.6 Å². The van der Waals surface area contributed by atoms with E-state index in [4.69, 9.17) is 17.0 Å². The maximum Gasteiger partial charge on any atom is 0.242 e. The van der Waals surface area contributed by atoms with Gasteiger partial charge in [0.1, 0.15) is 12.3 Å². The number of carbonyl (C=O) groups excluding carboxylic acids is 1. The number of rotatable bonds is 8. The summed E-state index contributed by atoms with van der Waals surface area (Å²) >= 11 is 5.35. The van der Waals surface area contributed by atoms with Gasteiger partial charge in [-0.05, 0) is 55.4 Å². The number of nitrogens with one attached hydrogen (secondary N) is 1. The lowest BCUT2D eigenvalue weighted by Crippen LogP contribution is -2.35. The van der Waals surface area contributed by atoms with Crippen LogP contribution in [0.3, 0.4) is 0 Å². The Balaban J connectivity index is 1.73. The molecule has 6 nitrogen and oxygen atoms in total. The zero-order valence-electron chi connectivity index (χ0n) is 16.1. The van der Waals surface area contributed by atoms with Crippen molar-refractivity contribution in [1.82, 2.24) is 19.7 Å². The molecule has 28 heavy (non-hydrogen) atoms. The summed E-state index contributed by atoms with van der Waals surface area (Å²) in [5.41, 5.74) is 2.08. The summed E-state index contributed by atoms with van der Waals surface area (Å²) in [5, 5.41) is 7.11. The third kappa shape index (κ3) is 4.67. The number of aromatic amines is 1. The van der Waals surface area contributed by atoms with E-state index in [1.165, 1.54) is 5.56 Å². The number of ether oxygens (including phenoxy) is 1. The van der Waals surface area contributed by atoms with E-state index in [-0.39, 0.29) is 12.5 Å². The molecule has 0 atom stereocenters. The first-order chi connectivity index (χ1) is 13.6. The second-order valence-electron chi connectivity index (χ2n) is 6.38. The molecule has 0 aliphatic carbocycles. The smallest absolute Gasteiger partial charge is 0.242 e. The van der Waals surface area contributed by atoms with E-state index in [0.717, 1.165) is 17.7 Å². The number of hydrogen-bond acceptors (Lipinski definition) is 4. The average molecular weight is 397 g/mol. The van der Waals surface area contributed by atoms with Crippen LogP contribution in [0.1, 0.15) is 12.5 Å². The van der Waals surface area contributed by atoms with Gasteiger partial charge in [-0.2, -0.15) is 5.10 Å². The fraction of sp³-hybridized carbons (Fsp3) is 0.286. The number of benzene rings is 2. The highest BCUT2D eigenvalue weighted by Gasteiger charge is 2.17. The largest absolute Gasteiger partial charge is 0.497 e. The second-order valence-corrected chi connectivity index (χ2v) is 6.76. The van der Waals surface area contributed by atoms with Crippen LogP contribution in [-0.2, 0) is 17.8 Å². The van der Waals surface area contributed by atoms with Crippen molar-refractivity contribution in [2.24, 2.45) is 0 Å². The number of nitrogens with zero attached hydrogens (tertiary/aromatic N) is 3. The molecule has 3 rings (SSSR count). The minimum atomic E-state index is 0.0192. The van der Waals surface area contributed by atoms with Gasteiger partial charge in [0.25, 0.3) is 0 Å². The number of hydrogen-bond donors (Lipinski definition) is 1. The van der Waals surface area contributed by atoms with Crippen LogP contribution in [0.4, 0.5) is 0 Å². The van der Waals surface area contributed by atoms with Crippen molar-refractivity contribution in [3.05, 3.63) is 64.9 Å². The fourth-order valence-electron chi connectivity index (χ4n) is 3.03. The lowest BCUT2D eigenvalue weighted by molar-refractivity contribution is -0.131. The molecule has 1 aromatic heterocycles. The van der Waals surface area contributed by atoms with Gasteiger partial charge in [0.05, 0.1) is 7.11 Å². The van der Waals surface area contributed by atoms with Crippen LogP contribution >= 0.6 is 12.2 Å². The summed E-state index contributed by atoms with van der Waals surface area (Å²) in [5.74, 6) is 1.42. The summed E-state index contributed by atoms with van der Waals surface area (Å²) in [7, 11) is 1.62. The first-order valence-corrected chi connectivity index (χ1v) is 9.64. The predicted octanol–water partition coefficient (Wildman–Crippen LogP) is 3.71. The van der Waals surface area contributed by atoms with Crippen LogP contribution in [0.25, 0.3) is 11.4 Å². The van der Waals surface area contributed by atoms with Gasteiger partial charge < -0.3 is 9.64 Å². The molecule has 0 spiro atoms. The van der Waals surface area contributed by atoms with Crippen LogP contribution in [0.2, 0.25) is 0 Å². The molecule has 1 heterocycles. The molecule has 0 fully saturated rings. The molecule has 146 valence electrons. The number of aromatic nitrogens is 3. The molecule has 0 saturated heterocycles. The zero-order chi connectivity index (χ0) is 19.9.